The first-order valence-electron chi connectivity index (χ1n) is 6.81. The molecular weight excluding hydrogens is 270 g/mol. The molecule has 0 radical (unpaired) electrons. The van der Waals surface area contributed by atoms with Gasteiger partial charge in [0, 0.05) is 22.8 Å². The standard InChI is InChI=1S/C17H20ClNO/c1-12(2)20-17-7-5-4-6-14(17)11-19-16-9-8-15(18)10-13(16)3/h4-10,12,19H,11H2,1-3H3. The molecule has 0 saturated heterocycles. The fraction of sp³-hybridized carbons (Fsp3) is 0.294. The zero-order chi connectivity index (χ0) is 14.5. The molecule has 2 rings (SSSR count). The highest BCUT2D eigenvalue weighted by Crippen LogP contribution is 2.23. The van der Waals surface area contributed by atoms with Crippen molar-refractivity contribution in [3.63, 3.8) is 0 Å². The summed E-state index contributed by atoms with van der Waals surface area (Å²) < 4.78 is 5.82. The highest BCUT2D eigenvalue weighted by molar-refractivity contribution is 6.30. The van der Waals surface area contributed by atoms with Gasteiger partial charge in [0.05, 0.1) is 6.10 Å². The van der Waals surface area contributed by atoms with Crippen molar-refractivity contribution >= 4 is 17.3 Å². The second kappa shape index (κ2) is 6.67. The molecule has 20 heavy (non-hydrogen) atoms. The molecule has 0 fully saturated rings. The van der Waals surface area contributed by atoms with Gasteiger partial charge in [-0.05, 0) is 50.6 Å². The van der Waals surface area contributed by atoms with Crippen molar-refractivity contribution in [3.05, 3.63) is 58.6 Å². The van der Waals surface area contributed by atoms with Gasteiger partial charge in [-0.25, -0.2) is 0 Å². The monoisotopic (exact) mass is 289 g/mol. The Morgan fingerprint density at radius 2 is 1.90 bits per heavy atom. The van der Waals surface area contributed by atoms with Crippen molar-refractivity contribution in [2.45, 2.75) is 33.4 Å². The Kier molecular flexibility index (Phi) is 4.91. The van der Waals surface area contributed by atoms with Crippen molar-refractivity contribution in [3.8, 4) is 5.75 Å². The van der Waals surface area contributed by atoms with Crippen molar-refractivity contribution in [2.75, 3.05) is 5.32 Å². The molecule has 0 amide bonds. The minimum absolute atomic E-state index is 0.174. The number of hydrogen-bond acceptors (Lipinski definition) is 2. The third-order valence-corrected chi connectivity index (χ3v) is 3.23. The summed E-state index contributed by atoms with van der Waals surface area (Å²) in [6, 6.07) is 14.0. The Labute approximate surface area is 125 Å². The van der Waals surface area contributed by atoms with Crippen LogP contribution in [0.2, 0.25) is 5.02 Å². The average Bonchev–Trinajstić information content (AvgIpc) is 2.39. The van der Waals surface area contributed by atoms with Gasteiger partial charge in [0.1, 0.15) is 5.75 Å². The number of rotatable bonds is 5. The van der Waals surface area contributed by atoms with Crippen LogP contribution in [0.4, 0.5) is 5.69 Å². The van der Waals surface area contributed by atoms with E-state index in [0.717, 1.165) is 34.1 Å². The highest BCUT2D eigenvalue weighted by atomic mass is 35.5. The summed E-state index contributed by atoms with van der Waals surface area (Å²) in [7, 11) is 0. The van der Waals surface area contributed by atoms with E-state index in [2.05, 4.69) is 11.4 Å². The molecule has 0 aliphatic carbocycles. The summed E-state index contributed by atoms with van der Waals surface area (Å²) in [5.41, 5.74) is 3.38. The van der Waals surface area contributed by atoms with Crippen LogP contribution in [0, 0.1) is 6.92 Å². The van der Waals surface area contributed by atoms with E-state index in [1.165, 1.54) is 0 Å². The fourth-order valence-corrected chi connectivity index (χ4v) is 2.26. The number of ether oxygens (including phenoxy) is 1. The largest absolute Gasteiger partial charge is 0.491 e. The Bertz CT molecular complexity index is 581. The van der Waals surface area contributed by atoms with Gasteiger partial charge < -0.3 is 10.1 Å². The third-order valence-electron chi connectivity index (χ3n) is 2.99. The third kappa shape index (κ3) is 3.91. The van der Waals surface area contributed by atoms with Gasteiger partial charge in [-0.15, -0.1) is 0 Å². The molecule has 2 aromatic carbocycles. The van der Waals surface area contributed by atoms with Crippen molar-refractivity contribution in [1.82, 2.24) is 0 Å². The first-order chi connectivity index (χ1) is 9.56. The van der Waals surface area contributed by atoms with E-state index in [9.17, 15) is 0 Å². The van der Waals surface area contributed by atoms with Crippen molar-refractivity contribution in [1.29, 1.82) is 0 Å². The van der Waals surface area contributed by atoms with Gasteiger partial charge in [-0.1, -0.05) is 29.8 Å². The lowest BCUT2D eigenvalue weighted by Crippen LogP contribution is -2.09. The summed E-state index contributed by atoms with van der Waals surface area (Å²) in [5.74, 6) is 0.932. The average molecular weight is 290 g/mol. The first kappa shape index (κ1) is 14.7. The molecule has 3 heteroatoms. The van der Waals surface area contributed by atoms with Gasteiger partial charge in [-0.3, -0.25) is 0 Å². The number of hydrogen-bond donors (Lipinski definition) is 1. The van der Waals surface area contributed by atoms with E-state index in [1.54, 1.807) is 0 Å². The molecule has 0 unspecified atom stereocenters. The van der Waals surface area contributed by atoms with E-state index in [4.69, 9.17) is 16.3 Å². The van der Waals surface area contributed by atoms with E-state index >= 15 is 0 Å². The normalized spacial score (nSPS) is 10.7. The van der Waals surface area contributed by atoms with E-state index in [-0.39, 0.29) is 6.10 Å². The minimum atomic E-state index is 0.174. The van der Waals surface area contributed by atoms with Crippen molar-refractivity contribution in [2.24, 2.45) is 0 Å². The number of aryl methyl sites for hydroxylation is 1. The summed E-state index contributed by atoms with van der Waals surface area (Å²) in [6.07, 6.45) is 0.174. The molecule has 1 N–H and O–H groups in total. The van der Waals surface area contributed by atoms with E-state index < -0.39 is 0 Å². The molecule has 2 aromatic rings. The quantitative estimate of drug-likeness (QED) is 0.832. The maximum absolute atomic E-state index is 5.97. The minimum Gasteiger partial charge on any atom is -0.491 e. The fourth-order valence-electron chi connectivity index (χ4n) is 2.03. The summed E-state index contributed by atoms with van der Waals surface area (Å²) in [6.45, 7) is 6.84. The zero-order valence-electron chi connectivity index (χ0n) is 12.1. The molecule has 0 aliphatic rings. The molecule has 0 spiro atoms. The van der Waals surface area contributed by atoms with Gasteiger partial charge in [0.25, 0.3) is 0 Å². The summed E-state index contributed by atoms with van der Waals surface area (Å²) in [5, 5.41) is 4.19. The maximum Gasteiger partial charge on any atom is 0.124 e. The number of halogens is 1. The zero-order valence-corrected chi connectivity index (χ0v) is 12.9. The Balaban J connectivity index is 2.10. The number of anilines is 1. The molecule has 0 aliphatic heterocycles. The summed E-state index contributed by atoms with van der Waals surface area (Å²) in [4.78, 5) is 0. The molecular formula is C17H20ClNO. The van der Waals surface area contributed by atoms with Gasteiger partial charge >= 0.3 is 0 Å². The van der Waals surface area contributed by atoms with Crippen LogP contribution in [0.15, 0.2) is 42.5 Å². The Hall–Kier alpha value is -1.67. The lowest BCUT2D eigenvalue weighted by atomic mass is 10.1. The molecule has 0 bridgehead atoms. The predicted octanol–water partition coefficient (Wildman–Crippen LogP) is 5.05. The second-order valence-corrected chi connectivity index (χ2v) is 5.52. The van der Waals surface area contributed by atoms with Crippen LogP contribution in [0.5, 0.6) is 5.75 Å². The van der Waals surface area contributed by atoms with Crippen LogP contribution in [-0.4, -0.2) is 6.10 Å². The van der Waals surface area contributed by atoms with Gasteiger partial charge in [0.15, 0.2) is 0 Å². The van der Waals surface area contributed by atoms with E-state index in [0.29, 0.717) is 0 Å². The molecule has 0 aromatic heterocycles. The number of para-hydroxylation sites is 1. The maximum atomic E-state index is 5.97. The van der Waals surface area contributed by atoms with Gasteiger partial charge in [0.2, 0.25) is 0 Å². The molecule has 0 heterocycles. The number of benzene rings is 2. The molecule has 2 nitrogen and oxygen atoms in total. The predicted molar refractivity (Wildman–Crippen MR) is 85.7 cm³/mol. The Morgan fingerprint density at radius 1 is 1.15 bits per heavy atom. The smallest absolute Gasteiger partial charge is 0.124 e. The van der Waals surface area contributed by atoms with Crippen LogP contribution in [0.1, 0.15) is 25.0 Å². The van der Waals surface area contributed by atoms with Crippen LogP contribution >= 0.6 is 11.6 Å². The lowest BCUT2D eigenvalue weighted by Gasteiger charge is -2.16. The second-order valence-electron chi connectivity index (χ2n) is 5.09. The summed E-state index contributed by atoms with van der Waals surface area (Å²) >= 11 is 5.97. The molecule has 0 atom stereocenters. The van der Waals surface area contributed by atoms with E-state index in [1.807, 2.05) is 57.2 Å². The molecule has 0 saturated carbocycles. The van der Waals surface area contributed by atoms with Crippen LogP contribution in [0.3, 0.4) is 0 Å². The van der Waals surface area contributed by atoms with Crippen molar-refractivity contribution < 1.29 is 4.74 Å². The first-order valence-corrected chi connectivity index (χ1v) is 7.18. The SMILES string of the molecule is Cc1cc(Cl)ccc1NCc1ccccc1OC(C)C. The highest BCUT2D eigenvalue weighted by Gasteiger charge is 2.05. The Morgan fingerprint density at radius 3 is 2.60 bits per heavy atom. The van der Waals surface area contributed by atoms with Gasteiger partial charge in [-0.2, -0.15) is 0 Å². The number of nitrogens with one attached hydrogen (secondary N) is 1. The van der Waals surface area contributed by atoms with Crippen LogP contribution in [-0.2, 0) is 6.54 Å². The van der Waals surface area contributed by atoms with Crippen LogP contribution in [0.25, 0.3) is 0 Å². The molecule has 106 valence electrons. The lowest BCUT2D eigenvalue weighted by molar-refractivity contribution is 0.240. The topological polar surface area (TPSA) is 21.3 Å². The van der Waals surface area contributed by atoms with Crippen LogP contribution < -0.4 is 10.1 Å².